The summed E-state index contributed by atoms with van der Waals surface area (Å²) in [6, 6.07) is 1.84. The average Bonchev–Trinajstić information content (AvgIpc) is 3.10. The van der Waals surface area contributed by atoms with Crippen LogP contribution in [0.4, 0.5) is 0 Å². The summed E-state index contributed by atoms with van der Waals surface area (Å²) < 4.78 is 1.58. The van der Waals surface area contributed by atoms with Gasteiger partial charge in [0.25, 0.3) is 5.56 Å². The van der Waals surface area contributed by atoms with E-state index in [1.807, 2.05) is 12.3 Å². The molecule has 7 heteroatoms. The highest BCUT2D eigenvalue weighted by Gasteiger charge is 2.53. The fraction of sp³-hybridized carbons (Fsp3) is 0.611. The number of piperidine rings is 1. The Kier molecular flexibility index (Phi) is 4.33. The van der Waals surface area contributed by atoms with Gasteiger partial charge in [-0.2, -0.15) is 0 Å². The van der Waals surface area contributed by atoms with Crippen LogP contribution in [0.25, 0.3) is 10.9 Å². The van der Waals surface area contributed by atoms with Gasteiger partial charge in [-0.05, 0) is 38.1 Å². The lowest BCUT2D eigenvalue weighted by Gasteiger charge is -2.49. The van der Waals surface area contributed by atoms with Crippen molar-refractivity contribution in [1.82, 2.24) is 19.9 Å². The summed E-state index contributed by atoms with van der Waals surface area (Å²) in [7, 11) is 0. The number of aliphatic hydroxyl groups is 1. The molecule has 0 radical (unpaired) electrons. The molecule has 1 spiro atoms. The van der Waals surface area contributed by atoms with E-state index < -0.39 is 5.60 Å². The van der Waals surface area contributed by atoms with Crippen molar-refractivity contribution in [2.75, 3.05) is 19.3 Å². The van der Waals surface area contributed by atoms with E-state index in [-0.39, 0.29) is 11.0 Å². The highest BCUT2D eigenvalue weighted by atomic mass is 32.2. The number of nitrogens with one attached hydrogen (secondary N) is 1. The van der Waals surface area contributed by atoms with Crippen LogP contribution < -0.4 is 10.9 Å². The average molecular weight is 360 g/mol. The van der Waals surface area contributed by atoms with E-state index >= 15 is 0 Å². The van der Waals surface area contributed by atoms with Crippen molar-refractivity contribution < 1.29 is 5.11 Å². The smallest absolute Gasteiger partial charge is 0.262 e. The van der Waals surface area contributed by atoms with Crippen LogP contribution in [0.1, 0.15) is 32.1 Å². The maximum Gasteiger partial charge on any atom is 0.262 e. The molecule has 3 heterocycles. The fourth-order valence-corrected chi connectivity index (χ4v) is 4.92. The second-order valence-electron chi connectivity index (χ2n) is 7.37. The summed E-state index contributed by atoms with van der Waals surface area (Å²) in [5.74, 6) is 0. The Balaban J connectivity index is 1.72. The van der Waals surface area contributed by atoms with Crippen LogP contribution in [0.5, 0.6) is 0 Å². The SMILES string of the molecule is CSc1cc2ncn(CC3(O)CCNCC34CCCC4)c(=O)c2cn1. The minimum Gasteiger partial charge on any atom is -0.387 e. The molecule has 134 valence electrons. The number of fused-ring (bicyclic) bond motifs is 1. The van der Waals surface area contributed by atoms with Crippen LogP contribution in [0, 0.1) is 5.41 Å². The van der Waals surface area contributed by atoms with E-state index in [4.69, 9.17) is 0 Å². The van der Waals surface area contributed by atoms with Gasteiger partial charge in [0.15, 0.2) is 0 Å². The molecule has 1 aliphatic heterocycles. The summed E-state index contributed by atoms with van der Waals surface area (Å²) in [6.45, 7) is 1.92. The van der Waals surface area contributed by atoms with Gasteiger partial charge in [-0.25, -0.2) is 9.97 Å². The van der Waals surface area contributed by atoms with E-state index in [0.717, 1.165) is 43.8 Å². The zero-order chi connectivity index (χ0) is 17.5. The fourth-order valence-electron chi connectivity index (χ4n) is 4.54. The minimum absolute atomic E-state index is 0.120. The molecule has 0 aromatic carbocycles. The standard InChI is InChI=1S/C18H24N4O2S/c1-25-15-8-14-13(9-20-15)16(23)22(12-21-14)11-18(24)6-7-19-10-17(18)4-2-3-5-17/h8-9,12,19,24H,2-7,10-11H2,1H3. The van der Waals surface area contributed by atoms with Crippen LogP contribution in [0.2, 0.25) is 0 Å². The van der Waals surface area contributed by atoms with Crippen molar-refractivity contribution in [2.45, 2.75) is 49.3 Å². The maximum atomic E-state index is 12.9. The largest absolute Gasteiger partial charge is 0.387 e. The number of hydrogen-bond donors (Lipinski definition) is 2. The lowest BCUT2D eigenvalue weighted by atomic mass is 9.66. The molecule has 0 amide bonds. The molecule has 2 aromatic heterocycles. The summed E-state index contributed by atoms with van der Waals surface area (Å²) in [4.78, 5) is 21.6. The first-order chi connectivity index (χ1) is 12.1. The molecule has 2 fully saturated rings. The van der Waals surface area contributed by atoms with Crippen LogP contribution in [-0.2, 0) is 6.54 Å². The Bertz CT molecular complexity index is 847. The lowest BCUT2D eigenvalue weighted by Crippen LogP contribution is -2.60. The van der Waals surface area contributed by atoms with E-state index in [2.05, 4.69) is 15.3 Å². The molecule has 1 saturated heterocycles. The second kappa shape index (κ2) is 6.37. The van der Waals surface area contributed by atoms with Crippen LogP contribution in [0.15, 0.2) is 28.4 Å². The molecule has 1 saturated carbocycles. The number of thioether (sulfide) groups is 1. The van der Waals surface area contributed by atoms with E-state index in [0.29, 0.717) is 23.9 Å². The number of nitrogens with zero attached hydrogens (tertiary/aromatic N) is 3. The topological polar surface area (TPSA) is 80.0 Å². The van der Waals surface area contributed by atoms with Crippen molar-refractivity contribution in [1.29, 1.82) is 0 Å². The molecule has 0 bridgehead atoms. The Morgan fingerprint density at radius 2 is 2.12 bits per heavy atom. The van der Waals surface area contributed by atoms with Gasteiger partial charge < -0.3 is 10.4 Å². The Morgan fingerprint density at radius 1 is 1.32 bits per heavy atom. The quantitative estimate of drug-likeness (QED) is 0.813. The first-order valence-electron chi connectivity index (χ1n) is 8.89. The van der Waals surface area contributed by atoms with Gasteiger partial charge in [0, 0.05) is 18.2 Å². The van der Waals surface area contributed by atoms with Crippen molar-refractivity contribution >= 4 is 22.7 Å². The van der Waals surface area contributed by atoms with Crippen LogP contribution in [0.3, 0.4) is 0 Å². The van der Waals surface area contributed by atoms with E-state index in [1.165, 1.54) is 11.8 Å². The first kappa shape index (κ1) is 17.0. The molecule has 4 rings (SSSR count). The summed E-state index contributed by atoms with van der Waals surface area (Å²) in [5, 5.41) is 16.3. The van der Waals surface area contributed by atoms with Crippen molar-refractivity contribution in [3.05, 3.63) is 28.9 Å². The molecule has 2 aliphatic rings. The third-order valence-corrected chi connectivity index (χ3v) is 6.69. The van der Waals surface area contributed by atoms with Crippen molar-refractivity contribution in [3.8, 4) is 0 Å². The van der Waals surface area contributed by atoms with Gasteiger partial charge in [-0.3, -0.25) is 9.36 Å². The third-order valence-electron chi connectivity index (χ3n) is 6.05. The van der Waals surface area contributed by atoms with Gasteiger partial charge in [0.2, 0.25) is 0 Å². The zero-order valence-corrected chi connectivity index (χ0v) is 15.3. The third kappa shape index (κ3) is 2.78. The molecule has 25 heavy (non-hydrogen) atoms. The zero-order valence-electron chi connectivity index (χ0n) is 14.5. The Hall–Kier alpha value is -1.44. The molecule has 6 nitrogen and oxygen atoms in total. The second-order valence-corrected chi connectivity index (χ2v) is 8.19. The van der Waals surface area contributed by atoms with Gasteiger partial charge in [-0.15, -0.1) is 11.8 Å². The van der Waals surface area contributed by atoms with Crippen LogP contribution in [-0.4, -0.2) is 44.6 Å². The number of aromatic nitrogens is 3. The Morgan fingerprint density at radius 3 is 2.88 bits per heavy atom. The van der Waals surface area contributed by atoms with Gasteiger partial charge in [-0.1, -0.05) is 12.8 Å². The van der Waals surface area contributed by atoms with E-state index in [1.54, 1.807) is 17.1 Å². The summed E-state index contributed by atoms with van der Waals surface area (Å²) in [5.41, 5.74) is -0.444. The lowest BCUT2D eigenvalue weighted by molar-refractivity contribution is -0.115. The number of rotatable bonds is 3. The first-order valence-corrected chi connectivity index (χ1v) is 10.1. The summed E-state index contributed by atoms with van der Waals surface area (Å²) >= 11 is 1.53. The van der Waals surface area contributed by atoms with Crippen molar-refractivity contribution in [2.24, 2.45) is 5.41 Å². The highest BCUT2D eigenvalue weighted by molar-refractivity contribution is 7.98. The van der Waals surface area contributed by atoms with Crippen molar-refractivity contribution in [3.63, 3.8) is 0 Å². The Labute approximate surface area is 151 Å². The predicted octanol–water partition coefficient (Wildman–Crippen LogP) is 1.80. The number of hydrogen-bond acceptors (Lipinski definition) is 6. The molecule has 1 atom stereocenters. The minimum atomic E-state index is -0.861. The molecule has 1 unspecified atom stereocenters. The molecule has 1 aliphatic carbocycles. The van der Waals surface area contributed by atoms with E-state index in [9.17, 15) is 9.90 Å². The van der Waals surface area contributed by atoms with Gasteiger partial charge in [0.1, 0.15) is 0 Å². The number of pyridine rings is 1. The molecular formula is C18H24N4O2S. The predicted molar refractivity (Wildman–Crippen MR) is 98.9 cm³/mol. The van der Waals surface area contributed by atoms with Crippen LogP contribution >= 0.6 is 11.8 Å². The monoisotopic (exact) mass is 360 g/mol. The van der Waals surface area contributed by atoms with Gasteiger partial charge in [0.05, 0.1) is 34.4 Å². The molecule has 2 aromatic rings. The maximum absolute atomic E-state index is 12.9. The highest BCUT2D eigenvalue weighted by Crippen LogP contribution is 2.49. The normalized spacial score (nSPS) is 25.7. The molecular weight excluding hydrogens is 336 g/mol. The molecule has 2 N–H and O–H groups in total. The van der Waals surface area contributed by atoms with Gasteiger partial charge >= 0.3 is 0 Å². The summed E-state index contributed by atoms with van der Waals surface area (Å²) in [6.07, 6.45) is 10.1.